The molecule has 13 heavy (non-hydrogen) atoms. The van der Waals surface area contributed by atoms with Crippen molar-refractivity contribution in [3.05, 3.63) is 10.6 Å². The van der Waals surface area contributed by atoms with E-state index in [0.29, 0.717) is 11.8 Å². The Morgan fingerprint density at radius 2 is 2.15 bits per heavy atom. The highest BCUT2D eigenvalue weighted by atomic mass is 32.1. The lowest BCUT2D eigenvalue weighted by Gasteiger charge is -2.10. The largest absolute Gasteiger partial charge is 0.323 e. The van der Waals surface area contributed by atoms with Crippen LogP contribution >= 0.6 is 11.5 Å². The Hall–Kier alpha value is -0.480. The average molecular weight is 197 g/mol. The van der Waals surface area contributed by atoms with E-state index in [2.05, 4.69) is 23.4 Å². The molecule has 0 radical (unpaired) electrons. The number of rotatable bonds is 3. The average Bonchev–Trinajstić information content (AvgIpc) is 2.80. The summed E-state index contributed by atoms with van der Waals surface area (Å²) >= 11 is 1.47. The summed E-state index contributed by atoms with van der Waals surface area (Å²) in [4.78, 5) is 1.21. The molecule has 1 saturated carbocycles. The molecule has 0 aliphatic heterocycles. The summed E-state index contributed by atoms with van der Waals surface area (Å²) in [5, 5.41) is 4.14. The maximum Gasteiger partial charge on any atom is 0.0829 e. The van der Waals surface area contributed by atoms with Gasteiger partial charge in [0.05, 0.1) is 10.6 Å². The molecule has 1 aliphatic carbocycles. The second-order valence-corrected chi connectivity index (χ2v) is 4.83. The summed E-state index contributed by atoms with van der Waals surface area (Å²) in [6.45, 7) is 4.28. The monoisotopic (exact) mass is 197 g/mol. The number of nitrogens with zero attached hydrogens (tertiary/aromatic N) is 2. The summed E-state index contributed by atoms with van der Waals surface area (Å²) in [5.41, 5.74) is 7.22. The zero-order valence-electron chi connectivity index (χ0n) is 8.03. The summed E-state index contributed by atoms with van der Waals surface area (Å²) < 4.78 is 3.99. The maximum absolute atomic E-state index is 6.11. The molecule has 0 bridgehead atoms. The topological polar surface area (TPSA) is 51.8 Å². The van der Waals surface area contributed by atoms with Crippen LogP contribution in [0, 0.1) is 5.92 Å². The smallest absolute Gasteiger partial charge is 0.0829 e. The molecule has 3 nitrogen and oxygen atoms in total. The molecule has 0 aromatic carbocycles. The Morgan fingerprint density at radius 1 is 1.46 bits per heavy atom. The van der Waals surface area contributed by atoms with Gasteiger partial charge in [-0.15, -0.1) is 5.10 Å². The normalized spacial score (nSPS) is 19.4. The van der Waals surface area contributed by atoms with Gasteiger partial charge in [-0.3, -0.25) is 0 Å². The second-order valence-electron chi connectivity index (χ2n) is 4.04. The quantitative estimate of drug-likeness (QED) is 0.807. The third kappa shape index (κ3) is 1.74. The van der Waals surface area contributed by atoms with Crippen LogP contribution in [0.15, 0.2) is 0 Å². The van der Waals surface area contributed by atoms with Crippen molar-refractivity contribution in [3.63, 3.8) is 0 Å². The third-order valence-corrected chi connectivity index (χ3v) is 3.36. The molecule has 2 N–H and O–H groups in total. The minimum Gasteiger partial charge on any atom is -0.323 e. The molecule has 2 rings (SSSR count). The van der Waals surface area contributed by atoms with E-state index in [1.54, 1.807) is 0 Å². The van der Waals surface area contributed by atoms with E-state index in [-0.39, 0.29) is 6.04 Å². The molecule has 1 aromatic rings. The molecule has 0 amide bonds. The highest BCUT2D eigenvalue weighted by Gasteiger charge is 2.32. The van der Waals surface area contributed by atoms with Crippen LogP contribution in [0.5, 0.6) is 0 Å². The predicted octanol–water partition coefficient (Wildman–Crippen LogP) is 2.07. The van der Waals surface area contributed by atoms with Gasteiger partial charge in [0.2, 0.25) is 0 Å². The van der Waals surface area contributed by atoms with E-state index >= 15 is 0 Å². The van der Waals surface area contributed by atoms with Crippen LogP contribution < -0.4 is 5.73 Å². The molecule has 0 saturated heterocycles. The molecule has 0 spiro atoms. The van der Waals surface area contributed by atoms with E-state index in [0.717, 1.165) is 5.69 Å². The second kappa shape index (κ2) is 3.35. The van der Waals surface area contributed by atoms with Crippen molar-refractivity contribution in [1.29, 1.82) is 0 Å². The minimum absolute atomic E-state index is 0.192. The van der Waals surface area contributed by atoms with Crippen LogP contribution in [0.1, 0.15) is 49.2 Å². The molecule has 1 aliphatic rings. The minimum atomic E-state index is 0.192. The number of aromatic nitrogens is 2. The van der Waals surface area contributed by atoms with Crippen LogP contribution in [-0.4, -0.2) is 9.59 Å². The first-order chi connectivity index (χ1) is 6.20. The third-order valence-electron chi connectivity index (χ3n) is 2.52. The van der Waals surface area contributed by atoms with Gasteiger partial charge in [-0.1, -0.05) is 18.3 Å². The van der Waals surface area contributed by atoms with Crippen molar-refractivity contribution in [1.82, 2.24) is 9.59 Å². The van der Waals surface area contributed by atoms with Gasteiger partial charge in [-0.05, 0) is 36.2 Å². The van der Waals surface area contributed by atoms with Crippen molar-refractivity contribution in [2.24, 2.45) is 11.7 Å². The van der Waals surface area contributed by atoms with Crippen LogP contribution in [0.2, 0.25) is 0 Å². The van der Waals surface area contributed by atoms with Crippen molar-refractivity contribution >= 4 is 11.5 Å². The Balaban J connectivity index is 2.22. The van der Waals surface area contributed by atoms with Crippen molar-refractivity contribution in [2.45, 2.75) is 38.6 Å². The SMILES string of the molecule is CC(C)c1nnsc1C(N)C1CC1. The number of hydrogen-bond acceptors (Lipinski definition) is 4. The summed E-state index contributed by atoms with van der Waals surface area (Å²) in [7, 11) is 0. The Morgan fingerprint density at radius 3 is 2.69 bits per heavy atom. The Kier molecular flexibility index (Phi) is 2.34. The number of nitrogens with two attached hydrogens (primary N) is 1. The fraction of sp³-hybridized carbons (Fsp3) is 0.778. The van der Waals surface area contributed by atoms with E-state index < -0.39 is 0 Å². The summed E-state index contributed by atoms with van der Waals surface area (Å²) in [6, 6.07) is 0.192. The van der Waals surface area contributed by atoms with E-state index in [1.165, 1.54) is 29.3 Å². The van der Waals surface area contributed by atoms with Gasteiger partial charge in [0.25, 0.3) is 0 Å². The van der Waals surface area contributed by atoms with Crippen molar-refractivity contribution < 1.29 is 0 Å². The van der Waals surface area contributed by atoms with Crippen LogP contribution in [0.25, 0.3) is 0 Å². The van der Waals surface area contributed by atoms with Gasteiger partial charge in [-0.2, -0.15) is 0 Å². The summed E-state index contributed by atoms with van der Waals surface area (Å²) in [6.07, 6.45) is 2.55. The van der Waals surface area contributed by atoms with Crippen molar-refractivity contribution in [2.75, 3.05) is 0 Å². The molecule has 4 heteroatoms. The van der Waals surface area contributed by atoms with Crippen LogP contribution in [-0.2, 0) is 0 Å². The first-order valence-corrected chi connectivity index (χ1v) is 5.55. The summed E-state index contributed by atoms with van der Waals surface area (Å²) in [5.74, 6) is 1.14. The lowest BCUT2D eigenvalue weighted by molar-refractivity contribution is 0.627. The molecule has 1 aromatic heterocycles. The van der Waals surface area contributed by atoms with Crippen LogP contribution in [0.3, 0.4) is 0 Å². The molecule has 1 atom stereocenters. The van der Waals surface area contributed by atoms with E-state index in [4.69, 9.17) is 5.73 Å². The maximum atomic E-state index is 6.11. The molecule has 72 valence electrons. The van der Waals surface area contributed by atoms with Gasteiger partial charge >= 0.3 is 0 Å². The molecular weight excluding hydrogens is 182 g/mol. The highest BCUT2D eigenvalue weighted by Crippen LogP contribution is 2.42. The van der Waals surface area contributed by atoms with Gasteiger partial charge in [-0.25, -0.2) is 0 Å². The van der Waals surface area contributed by atoms with Gasteiger partial charge in [0.1, 0.15) is 0 Å². The highest BCUT2D eigenvalue weighted by molar-refractivity contribution is 7.05. The van der Waals surface area contributed by atoms with Crippen molar-refractivity contribution in [3.8, 4) is 0 Å². The first kappa shape index (κ1) is 9.09. The fourth-order valence-electron chi connectivity index (χ4n) is 1.51. The molecule has 1 heterocycles. The zero-order chi connectivity index (χ0) is 9.42. The van der Waals surface area contributed by atoms with Gasteiger partial charge in [0.15, 0.2) is 0 Å². The number of hydrogen-bond donors (Lipinski definition) is 1. The first-order valence-electron chi connectivity index (χ1n) is 4.78. The lowest BCUT2D eigenvalue weighted by atomic mass is 10.0. The molecular formula is C9H15N3S. The lowest BCUT2D eigenvalue weighted by Crippen LogP contribution is -2.13. The standard InChI is InChI=1S/C9H15N3S/c1-5(2)8-9(13-12-11-8)7(10)6-3-4-6/h5-7H,3-4,10H2,1-2H3. The molecule has 1 fully saturated rings. The van der Waals surface area contributed by atoms with Gasteiger partial charge in [0, 0.05) is 6.04 Å². The predicted molar refractivity (Wildman–Crippen MR) is 53.7 cm³/mol. The van der Waals surface area contributed by atoms with Gasteiger partial charge < -0.3 is 5.73 Å². The van der Waals surface area contributed by atoms with Crippen LogP contribution in [0.4, 0.5) is 0 Å². The molecule has 1 unspecified atom stereocenters. The fourth-order valence-corrected chi connectivity index (χ4v) is 2.41. The Bertz CT molecular complexity index is 291. The Labute approximate surface area is 82.5 Å². The van der Waals surface area contributed by atoms with E-state index in [9.17, 15) is 0 Å². The van der Waals surface area contributed by atoms with E-state index in [1.807, 2.05) is 0 Å². The zero-order valence-corrected chi connectivity index (χ0v) is 8.84.